The molecule has 0 saturated heterocycles. The topological polar surface area (TPSA) is 52.3 Å². The van der Waals surface area contributed by atoms with Crippen molar-refractivity contribution in [2.45, 2.75) is 13.1 Å². The minimum absolute atomic E-state index is 0.153. The molecule has 3 aromatic rings. The molecule has 0 spiro atoms. The molecule has 5 nitrogen and oxygen atoms in total. The number of ether oxygens (including phenoxy) is 1. The van der Waals surface area contributed by atoms with Gasteiger partial charge in [-0.05, 0) is 24.6 Å². The Balaban J connectivity index is 2.13. The van der Waals surface area contributed by atoms with Gasteiger partial charge in [-0.2, -0.15) is 27.8 Å². The smallest absolute Gasteiger partial charge is 0.433 e. The van der Waals surface area contributed by atoms with E-state index >= 15 is 0 Å². The summed E-state index contributed by atoms with van der Waals surface area (Å²) in [6.45, 7) is 1.75. The molecule has 1 aromatic carbocycles. The largest absolute Gasteiger partial charge is 0.438 e. The van der Waals surface area contributed by atoms with Crippen LogP contribution in [0.1, 0.15) is 11.3 Å². The zero-order valence-corrected chi connectivity index (χ0v) is 11.9. The van der Waals surface area contributed by atoms with E-state index in [1.54, 1.807) is 19.1 Å². The molecule has 0 radical (unpaired) electrons. The Morgan fingerprint density at radius 2 is 2.00 bits per heavy atom. The van der Waals surface area contributed by atoms with Crippen molar-refractivity contribution in [2.24, 2.45) is 0 Å². The molecule has 0 aliphatic rings. The molecule has 0 bridgehead atoms. The van der Waals surface area contributed by atoms with Crippen LogP contribution in [0.5, 0.6) is 11.6 Å². The van der Waals surface area contributed by atoms with Gasteiger partial charge in [-0.15, -0.1) is 0 Å². The summed E-state index contributed by atoms with van der Waals surface area (Å²) in [5.41, 5.74) is -0.397. The van der Waals surface area contributed by atoms with Crippen molar-refractivity contribution in [3.05, 3.63) is 46.9 Å². The number of rotatable bonds is 2. The van der Waals surface area contributed by atoms with Crippen LogP contribution in [0, 0.1) is 6.92 Å². The second-order valence-corrected chi connectivity index (χ2v) is 4.90. The van der Waals surface area contributed by atoms with Crippen LogP contribution in [-0.4, -0.2) is 19.6 Å². The number of hydrogen-bond acceptors (Lipinski definition) is 4. The normalized spacial score (nSPS) is 11.9. The molecule has 0 fully saturated rings. The number of hydrogen-bond donors (Lipinski definition) is 0. The van der Waals surface area contributed by atoms with Crippen molar-refractivity contribution < 1.29 is 17.9 Å². The van der Waals surface area contributed by atoms with E-state index in [4.69, 9.17) is 16.3 Å². The summed E-state index contributed by atoms with van der Waals surface area (Å²) in [5, 5.41) is 4.21. The number of aromatic nitrogens is 4. The fourth-order valence-corrected chi connectivity index (χ4v) is 1.96. The van der Waals surface area contributed by atoms with Gasteiger partial charge >= 0.3 is 6.18 Å². The first-order valence-electron chi connectivity index (χ1n) is 6.06. The van der Waals surface area contributed by atoms with E-state index < -0.39 is 11.9 Å². The first-order valence-corrected chi connectivity index (χ1v) is 6.44. The van der Waals surface area contributed by atoms with Crippen molar-refractivity contribution in [3.63, 3.8) is 0 Å². The van der Waals surface area contributed by atoms with Crippen LogP contribution in [0.2, 0.25) is 5.02 Å². The lowest BCUT2D eigenvalue weighted by Gasteiger charge is -2.12. The van der Waals surface area contributed by atoms with Crippen LogP contribution in [0.4, 0.5) is 13.2 Å². The molecular weight excluding hydrogens is 321 g/mol. The maximum absolute atomic E-state index is 12.9. The fourth-order valence-electron chi connectivity index (χ4n) is 1.80. The summed E-state index contributed by atoms with van der Waals surface area (Å²) >= 11 is 5.88. The summed E-state index contributed by atoms with van der Waals surface area (Å²) < 4.78 is 45.3. The number of alkyl halides is 3. The molecule has 3 rings (SSSR count). The number of aryl methyl sites for hydroxylation is 1. The summed E-state index contributed by atoms with van der Waals surface area (Å²) in [4.78, 5) is 7.08. The zero-order valence-electron chi connectivity index (χ0n) is 11.1. The van der Waals surface area contributed by atoms with Crippen LogP contribution < -0.4 is 4.74 Å². The third-order valence-electron chi connectivity index (χ3n) is 2.87. The molecule has 114 valence electrons. The third kappa shape index (κ3) is 2.69. The second-order valence-electron chi connectivity index (χ2n) is 4.46. The van der Waals surface area contributed by atoms with Gasteiger partial charge in [-0.3, -0.25) is 0 Å². The van der Waals surface area contributed by atoms with E-state index in [-0.39, 0.29) is 11.7 Å². The highest BCUT2D eigenvalue weighted by atomic mass is 35.5. The molecule has 0 aliphatic carbocycles. The molecule has 0 saturated carbocycles. The van der Waals surface area contributed by atoms with Gasteiger partial charge in [-0.25, -0.2) is 4.98 Å². The molecule has 2 heterocycles. The van der Waals surface area contributed by atoms with Gasteiger partial charge in [0.1, 0.15) is 12.1 Å². The SMILES string of the molecule is Cc1ccc(Cl)cc1Oc1cc(C(F)(F)F)nc2ncnn12. The van der Waals surface area contributed by atoms with Gasteiger partial charge in [0.2, 0.25) is 5.88 Å². The molecule has 0 amide bonds. The Kier molecular flexibility index (Phi) is 3.40. The van der Waals surface area contributed by atoms with E-state index in [0.717, 1.165) is 16.9 Å². The number of halogens is 4. The maximum Gasteiger partial charge on any atom is 0.433 e. The Hall–Kier alpha value is -2.35. The van der Waals surface area contributed by atoms with Crippen LogP contribution in [0.25, 0.3) is 5.78 Å². The second kappa shape index (κ2) is 5.13. The average Bonchev–Trinajstić information content (AvgIpc) is 2.90. The third-order valence-corrected chi connectivity index (χ3v) is 3.11. The van der Waals surface area contributed by atoms with E-state index in [9.17, 15) is 13.2 Å². The van der Waals surface area contributed by atoms with Gasteiger partial charge in [0.15, 0.2) is 5.69 Å². The van der Waals surface area contributed by atoms with Crippen molar-refractivity contribution in [3.8, 4) is 11.6 Å². The molecule has 0 N–H and O–H groups in total. The van der Waals surface area contributed by atoms with Crippen molar-refractivity contribution in [1.29, 1.82) is 0 Å². The maximum atomic E-state index is 12.9. The van der Waals surface area contributed by atoms with E-state index in [1.165, 1.54) is 6.07 Å². The average molecular weight is 329 g/mol. The van der Waals surface area contributed by atoms with Crippen molar-refractivity contribution in [1.82, 2.24) is 19.6 Å². The predicted molar refractivity (Wildman–Crippen MR) is 72.0 cm³/mol. The predicted octanol–water partition coefficient (Wildman–Crippen LogP) is 3.90. The highest BCUT2D eigenvalue weighted by Crippen LogP contribution is 2.33. The van der Waals surface area contributed by atoms with Gasteiger partial charge in [0.05, 0.1) is 0 Å². The highest BCUT2D eigenvalue weighted by Gasteiger charge is 2.34. The number of nitrogens with zero attached hydrogens (tertiary/aromatic N) is 4. The van der Waals surface area contributed by atoms with E-state index in [2.05, 4.69) is 15.1 Å². The molecular formula is C13H8ClF3N4O. The molecule has 2 aromatic heterocycles. The minimum atomic E-state index is -4.62. The van der Waals surface area contributed by atoms with E-state index in [0.29, 0.717) is 16.3 Å². The monoisotopic (exact) mass is 328 g/mol. The Labute approximate surface area is 127 Å². The molecule has 0 aliphatic heterocycles. The minimum Gasteiger partial charge on any atom is -0.438 e. The lowest BCUT2D eigenvalue weighted by atomic mass is 10.2. The highest BCUT2D eigenvalue weighted by molar-refractivity contribution is 6.30. The standard InChI is InChI=1S/C13H8ClF3N4O/c1-7-2-3-8(14)4-9(7)22-11-5-10(13(15,16)17)20-12-18-6-19-21(11)12/h2-6H,1H3. The van der Waals surface area contributed by atoms with Crippen molar-refractivity contribution in [2.75, 3.05) is 0 Å². The summed E-state index contributed by atoms with van der Waals surface area (Å²) in [6.07, 6.45) is -3.52. The van der Waals surface area contributed by atoms with Gasteiger partial charge in [0, 0.05) is 11.1 Å². The van der Waals surface area contributed by atoms with Gasteiger partial charge < -0.3 is 4.74 Å². The lowest BCUT2D eigenvalue weighted by molar-refractivity contribution is -0.141. The molecule has 0 unspecified atom stereocenters. The summed E-state index contributed by atoms with van der Waals surface area (Å²) in [7, 11) is 0. The quantitative estimate of drug-likeness (QED) is 0.716. The van der Waals surface area contributed by atoms with Crippen LogP contribution in [-0.2, 0) is 6.18 Å². The Morgan fingerprint density at radius 3 is 2.73 bits per heavy atom. The van der Waals surface area contributed by atoms with Crippen LogP contribution in [0.15, 0.2) is 30.6 Å². The molecule has 22 heavy (non-hydrogen) atoms. The number of fused-ring (bicyclic) bond motifs is 1. The fraction of sp³-hybridized carbons (Fsp3) is 0.154. The van der Waals surface area contributed by atoms with Gasteiger partial charge in [-0.1, -0.05) is 17.7 Å². The zero-order chi connectivity index (χ0) is 15.9. The first-order chi connectivity index (χ1) is 10.3. The van der Waals surface area contributed by atoms with Gasteiger partial charge in [0.25, 0.3) is 5.78 Å². The Morgan fingerprint density at radius 1 is 1.23 bits per heavy atom. The summed E-state index contributed by atoms with van der Waals surface area (Å²) in [5.74, 6) is -0.0340. The van der Waals surface area contributed by atoms with Crippen LogP contribution >= 0.6 is 11.6 Å². The number of benzene rings is 1. The first kappa shape index (κ1) is 14.6. The Bertz CT molecular complexity index is 847. The molecule has 0 atom stereocenters. The van der Waals surface area contributed by atoms with E-state index in [1.807, 2.05) is 0 Å². The lowest BCUT2D eigenvalue weighted by Crippen LogP contribution is -2.11. The van der Waals surface area contributed by atoms with Crippen molar-refractivity contribution >= 4 is 17.4 Å². The molecule has 9 heteroatoms. The summed E-state index contributed by atoms with van der Waals surface area (Å²) in [6, 6.07) is 5.62. The van der Waals surface area contributed by atoms with Crippen LogP contribution in [0.3, 0.4) is 0 Å².